The van der Waals surface area contributed by atoms with Gasteiger partial charge in [-0.3, -0.25) is 0 Å². The summed E-state index contributed by atoms with van der Waals surface area (Å²) in [6.07, 6.45) is 1.14. The van der Waals surface area contributed by atoms with Gasteiger partial charge in [-0.15, -0.1) is 0 Å². The number of aliphatic hydroxyl groups is 2. The van der Waals surface area contributed by atoms with Crippen LogP contribution >= 0.6 is 0 Å². The largest absolute Gasteiger partial charge is 0.393 e. The number of hydrogen-bond donors (Lipinski definition) is 2. The van der Waals surface area contributed by atoms with Gasteiger partial charge in [0.15, 0.2) is 0 Å². The summed E-state index contributed by atoms with van der Waals surface area (Å²) in [4.78, 5) is 0. The highest BCUT2D eigenvalue weighted by molar-refractivity contribution is 5.01. The maximum absolute atomic E-state index is 9.39. The van der Waals surface area contributed by atoms with Gasteiger partial charge in [0, 0.05) is 0 Å². The molecule has 0 aromatic rings. The van der Waals surface area contributed by atoms with Gasteiger partial charge >= 0.3 is 0 Å². The fraction of sp³-hybridized carbons (Fsp3) is 1.00. The van der Waals surface area contributed by atoms with E-state index < -0.39 is 5.60 Å². The minimum absolute atomic E-state index is 0.0382. The van der Waals surface area contributed by atoms with E-state index in [0.29, 0.717) is 0 Å². The Balaban J connectivity index is 2.50. The third-order valence-electron chi connectivity index (χ3n) is 2.58. The summed E-state index contributed by atoms with van der Waals surface area (Å²) in [5, 5.41) is 18.6. The molecule has 0 amide bonds. The third-order valence-corrected chi connectivity index (χ3v) is 2.58. The minimum atomic E-state index is -0.522. The normalized spacial score (nSPS) is 50.1. The van der Waals surface area contributed by atoms with Crippen molar-refractivity contribution < 1.29 is 10.2 Å². The first kappa shape index (κ1) is 8.02. The Bertz CT molecular complexity index is 130. The van der Waals surface area contributed by atoms with Crippen LogP contribution in [0.2, 0.25) is 0 Å². The fourth-order valence-electron chi connectivity index (χ4n) is 1.98. The molecule has 0 bridgehead atoms. The lowest BCUT2D eigenvalue weighted by Crippen LogP contribution is -2.53. The number of hydrogen-bond acceptors (Lipinski definition) is 2. The molecule has 60 valence electrons. The zero-order valence-electron chi connectivity index (χ0n) is 6.89. The Hall–Kier alpha value is -0.0800. The maximum Gasteiger partial charge on any atom is 0.0632 e. The van der Waals surface area contributed by atoms with E-state index in [2.05, 4.69) is 0 Å². The first-order valence-electron chi connectivity index (χ1n) is 3.76. The Morgan fingerprint density at radius 1 is 1.30 bits per heavy atom. The highest BCUT2D eigenvalue weighted by atomic mass is 16.3. The third kappa shape index (κ3) is 1.18. The van der Waals surface area contributed by atoms with Crippen molar-refractivity contribution in [2.45, 2.75) is 45.3 Å². The van der Waals surface area contributed by atoms with Crippen molar-refractivity contribution in [2.24, 2.45) is 5.41 Å². The molecule has 0 spiro atoms. The molecular formula is C8H16O2. The zero-order valence-corrected chi connectivity index (χ0v) is 6.89. The van der Waals surface area contributed by atoms with Gasteiger partial charge in [-0.2, -0.15) is 0 Å². The highest BCUT2D eigenvalue weighted by Crippen LogP contribution is 2.49. The van der Waals surface area contributed by atoms with Gasteiger partial charge in [0.2, 0.25) is 0 Å². The summed E-state index contributed by atoms with van der Waals surface area (Å²) in [6.45, 7) is 5.61. The van der Waals surface area contributed by atoms with Crippen LogP contribution in [0, 0.1) is 5.41 Å². The Labute approximate surface area is 61.9 Å². The second kappa shape index (κ2) is 1.95. The molecule has 0 radical (unpaired) electrons. The minimum Gasteiger partial charge on any atom is -0.393 e. The molecule has 1 atom stereocenters. The predicted molar refractivity (Wildman–Crippen MR) is 39.6 cm³/mol. The van der Waals surface area contributed by atoms with Crippen LogP contribution in [0.1, 0.15) is 33.6 Å². The summed E-state index contributed by atoms with van der Waals surface area (Å²) >= 11 is 0. The van der Waals surface area contributed by atoms with Crippen LogP contribution < -0.4 is 0 Å². The molecule has 0 aliphatic heterocycles. The monoisotopic (exact) mass is 144 g/mol. The Morgan fingerprint density at radius 2 is 1.70 bits per heavy atom. The van der Waals surface area contributed by atoms with Crippen molar-refractivity contribution in [1.29, 1.82) is 0 Å². The lowest BCUT2D eigenvalue weighted by molar-refractivity contribution is -0.150. The van der Waals surface area contributed by atoms with Gasteiger partial charge in [0.05, 0.1) is 11.7 Å². The topological polar surface area (TPSA) is 40.5 Å². The molecule has 0 aromatic heterocycles. The summed E-state index contributed by atoms with van der Waals surface area (Å²) < 4.78 is 0. The summed E-state index contributed by atoms with van der Waals surface area (Å²) in [7, 11) is 0. The van der Waals surface area contributed by atoms with Crippen molar-refractivity contribution >= 4 is 0 Å². The van der Waals surface area contributed by atoms with Gasteiger partial charge < -0.3 is 10.2 Å². The van der Waals surface area contributed by atoms with Crippen LogP contribution in [0.5, 0.6) is 0 Å². The maximum atomic E-state index is 9.39. The molecule has 0 aromatic carbocycles. The summed E-state index contributed by atoms with van der Waals surface area (Å²) in [5.74, 6) is 0. The van der Waals surface area contributed by atoms with Crippen LogP contribution in [0.25, 0.3) is 0 Å². The van der Waals surface area contributed by atoms with E-state index in [9.17, 15) is 10.2 Å². The standard InChI is InChI=1S/C8H16O2/c1-6(9)7(2)4-8(3,10)5-7/h6,9-10H,4-5H2,1-3H3/t6-,7?,8?/m0/s1. The fourth-order valence-corrected chi connectivity index (χ4v) is 1.98. The second-order valence-corrected chi connectivity index (χ2v) is 4.18. The highest BCUT2D eigenvalue weighted by Gasteiger charge is 2.50. The smallest absolute Gasteiger partial charge is 0.0632 e. The van der Waals surface area contributed by atoms with Gasteiger partial charge in [0.1, 0.15) is 0 Å². The molecule has 1 aliphatic rings. The lowest BCUT2D eigenvalue weighted by Gasteiger charge is -2.51. The van der Waals surface area contributed by atoms with Crippen LogP contribution in [0.4, 0.5) is 0 Å². The van der Waals surface area contributed by atoms with Crippen molar-refractivity contribution in [3.8, 4) is 0 Å². The molecule has 1 fully saturated rings. The second-order valence-electron chi connectivity index (χ2n) is 4.18. The molecular weight excluding hydrogens is 128 g/mol. The lowest BCUT2D eigenvalue weighted by atomic mass is 9.58. The van der Waals surface area contributed by atoms with Gasteiger partial charge in [-0.1, -0.05) is 6.92 Å². The Kier molecular flexibility index (Phi) is 1.57. The zero-order chi connectivity index (χ0) is 7.99. The van der Waals surface area contributed by atoms with E-state index in [4.69, 9.17) is 0 Å². The average Bonchev–Trinajstić information content (AvgIpc) is 1.59. The molecule has 0 unspecified atom stereocenters. The van der Waals surface area contributed by atoms with Crippen molar-refractivity contribution in [2.75, 3.05) is 0 Å². The molecule has 1 saturated carbocycles. The van der Waals surface area contributed by atoms with Gasteiger partial charge in [-0.25, -0.2) is 0 Å². The summed E-state index contributed by atoms with van der Waals surface area (Å²) in [6, 6.07) is 0. The van der Waals surface area contributed by atoms with Gasteiger partial charge in [0.25, 0.3) is 0 Å². The quantitative estimate of drug-likeness (QED) is 0.574. The molecule has 0 heterocycles. The molecule has 10 heavy (non-hydrogen) atoms. The van der Waals surface area contributed by atoms with Crippen LogP contribution in [0.3, 0.4) is 0 Å². The molecule has 2 N–H and O–H groups in total. The van der Waals surface area contributed by atoms with Crippen LogP contribution in [-0.4, -0.2) is 21.9 Å². The van der Waals surface area contributed by atoms with E-state index in [1.165, 1.54) is 0 Å². The van der Waals surface area contributed by atoms with Crippen molar-refractivity contribution in [3.63, 3.8) is 0 Å². The van der Waals surface area contributed by atoms with Crippen LogP contribution in [0.15, 0.2) is 0 Å². The summed E-state index contributed by atoms with van der Waals surface area (Å²) in [5.41, 5.74) is -0.560. The number of rotatable bonds is 1. The Morgan fingerprint density at radius 3 is 1.80 bits per heavy atom. The molecule has 2 heteroatoms. The number of aliphatic hydroxyl groups excluding tert-OH is 1. The van der Waals surface area contributed by atoms with E-state index in [1.54, 1.807) is 6.92 Å². The van der Waals surface area contributed by atoms with E-state index in [0.717, 1.165) is 12.8 Å². The first-order chi connectivity index (χ1) is 4.36. The SMILES string of the molecule is C[C@H](O)C1(C)CC(C)(O)C1. The molecule has 1 rings (SSSR count). The molecule has 2 nitrogen and oxygen atoms in total. The predicted octanol–water partition coefficient (Wildman–Crippen LogP) is 0.918. The van der Waals surface area contributed by atoms with E-state index >= 15 is 0 Å². The average molecular weight is 144 g/mol. The van der Waals surface area contributed by atoms with Gasteiger partial charge in [-0.05, 0) is 32.1 Å². The molecule has 1 aliphatic carbocycles. The molecule has 0 saturated heterocycles. The van der Waals surface area contributed by atoms with Crippen LogP contribution in [-0.2, 0) is 0 Å². The van der Waals surface area contributed by atoms with Crippen molar-refractivity contribution in [1.82, 2.24) is 0 Å². The first-order valence-corrected chi connectivity index (χ1v) is 3.76. The van der Waals surface area contributed by atoms with Crippen molar-refractivity contribution in [3.05, 3.63) is 0 Å². The van der Waals surface area contributed by atoms with E-state index in [1.807, 2.05) is 13.8 Å². The van der Waals surface area contributed by atoms with E-state index in [-0.39, 0.29) is 11.5 Å².